The topological polar surface area (TPSA) is 55.1 Å². The summed E-state index contributed by atoms with van der Waals surface area (Å²) in [4.78, 5) is 15.3. The highest BCUT2D eigenvalue weighted by molar-refractivity contribution is 6.42. The van der Waals surface area contributed by atoms with E-state index in [2.05, 4.69) is 10.3 Å². The van der Waals surface area contributed by atoms with Crippen LogP contribution in [0, 0.1) is 0 Å². The van der Waals surface area contributed by atoms with Crippen LogP contribution in [-0.2, 0) is 0 Å². The average molecular weight is 257 g/mol. The number of hydrogen-bond acceptors (Lipinski definition) is 3. The van der Waals surface area contributed by atoms with Crippen LogP contribution >= 0.6 is 23.2 Å². The summed E-state index contributed by atoms with van der Waals surface area (Å²) < 4.78 is 4.70. The molecule has 0 radical (unpaired) electrons. The summed E-state index contributed by atoms with van der Waals surface area (Å²) in [5.74, 6) is -0.368. The Morgan fingerprint density at radius 2 is 2.12 bits per heavy atom. The minimum Gasteiger partial charge on any atom is -0.451 e. The molecule has 1 N–H and O–H groups in total. The second-order valence-electron chi connectivity index (χ2n) is 2.96. The van der Waals surface area contributed by atoms with Gasteiger partial charge in [-0.2, -0.15) is 0 Å². The molecule has 0 unspecified atom stereocenters. The van der Waals surface area contributed by atoms with E-state index in [4.69, 9.17) is 27.6 Å². The zero-order valence-corrected chi connectivity index (χ0v) is 9.42. The molecule has 0 aliphatic heterocycles. The van der Waals surface area contributed by atoms with Crippen molar-refractivity contribution < 1.29 is 9.21 Å². The van der Waals surface area contributed by atoms with Crippen LogP contribution in [0.2, 0.25) is 10.0 Å². The molecule has 0 bridgehead atoms. The average Bonchev–Trinajstić information content (AvgIpc) is 2.77. The van der Waals surface area contributed by atoms with E-state index in [1.165, 1.54) is 12.7 Å². The second-order valence-corrected chi connectivity index (χ2v) is 3.77. The van der Waals surface area contributed by atoms with Crippen molar-refractivity contribution in [1.29, 1.82) is 0 Å². The molecule has 82 valence electrons. The maximum atomic E-state index is 11.6. The highest BCUT2D eigenvalue weighted by Gasteiger charge is 2.09. The number of amides is 1. The van der Waals surface area contributed by atoms with Crippen molar-refractivity contribution in [2.45, 2.75) is 0 Å². The molecule has 4 nitrogen and oxygen atoms in total. The highest BCUT2D eigenvalue weighted by atomic mass is 35.5. The molecule has 0 spiro atoms. The van der Waals surface area contributed by atoms with Gasteiger partial charge in [0.2, 0.25) is 0 Å². The van der Waals surface area contributed by atoms with Crippen molar-refractivity contribution in [3.8, 4) is 0 Å². The first-order valence-electron chi connectivity index (χ1n) is 4.31. The first-order valence-corrected chi connectivity index (χ1v) is 5.07. The molecular weight excluding hydrogens is 251 g/mol. The number of rotatable bonds is 2. The molecule has 1 heterocycles. The largest absolute Gasteiger partial charge is 0.451 e. The smallest absolute Gasteiger partial charge is 0.277 e. The van der Waals surface area contributed by atoms with Gasteiger partial charge in [-0.15, -0.1) is 0 Å². The van der Waals surface area contributed by atoms with Gasteiger partial charge in [0.15, 0.2) is 12.1 Å². The van der Waals surface area contributed by atoms with E-state index < -0.39 is 0 Å². The van der Waals surface area contributed by atoms with E-state index in [0.717, 1.165) is 0 Å². The van der Waals surface area contributed by atoms with Crippen molar-refractivity contribution >= 4 is 34.8 Å². The Hall–Kier alpha value is -1.52. The molecule has 16 heavy (non-hydrogen) atoms. The molecule has 0 fully saturated rings. The number of hydrogen-bond donors (Lipinski definition) is 1. The third kappa shape index (κ3) is 2.35. The Kier molecular flexibility index (Phi) is 3.12. The van der Waals surface area contributed by atoms with Gasteiger partial charge >= 0.3 is 0 Å². The lowest BCUT2D eigenvalue weighted by Crippen LogP contribution is -2.11. The summed E-state index contributed by atoms with van der Waals surface area (Å²) in [5, 5.41) is 3.41. The van der Waals surface area contributed by atoms with Gasteiger partial charge in [0.05, 0.1) is 10.0 Å². The maximum Gasteiger partial charge on any atom is 0.277 e. The number of carbonyl (C=O) groups is 1. The van der Waals surface area contributed by atoms with Gasteiger partial charge in [-0.05, 0) is 18.2 Å². The Balaban J connectivity index is 2.15. The predicted molar refractivity (Wildman–Crippen MR) is 60.9 cm³/mol. The molecule has 6 heteroatoms. The minimum atomic E-state index is -0.368. The fourth-order valence-electron chi connectivity index (χ4n) is 1.09. The number of carbonyl (C=O) groups excluding carboxylic acids is 1. The van der Waals surface area contributed by atoms with Crippen LogP contribution in [0.5, 0.6) is 0 Å². The minimum absolute atomic E-state index is 0.200. The SMILES string of the molecule is O=C(Nc1ccc(Cl)c(Cl)c1)c1cocn1. The predicted octanol–water partition coefficient (Wildman–Crippen LogP) is 3.23. The van der Waals surface area contributed by atoms with Crippen molar-refractivity contribution in [1.82, 2.24) is 4.98 Å². The van der Waals surface area contributed by atoms with Gasteiger partial charge in [0.1, 0.15) is 6.26 Å². The quantitative estimate of drug-likeness (QED) is 0.898. The summed E-state index contributed by atoms with van der Waals surface area (Å²) >= 11 is 11.5. The van der Waals surface area contributed by atoms with E-state index in [0.29, 0.717) is 15.7 Å². The molecule has 1 amide bonds. The first kappa shape index (κ1) is 11.0. The van der Waals surface area contributed by atoms with Crippen LogP contribution in [-0.4, -0.2) is 10.9 Å². The lowest BCUT2D eigenvalue weighted by Gasteiger charge is -2.03. The van der Waals surface area contributed by atoms with Crippen LogP contribution in [0.4, 0.5) is 5.69 Å². The molecular formula is C10H6Cl2N2O2. The first-order chi connectivity index (χ1) is 7.66. The second kappa shape index (κ2) is 4.55. The van der Waals surface area contributed by atoms with E-state index >= 15 is 0 Å². The van der Waals surface area contributed by atoms with Crippen molar-refractivity contribution in [2.75, 3.05) is 5.32 Å². The molecule has 0 aliphatic carbocycles. The number of nitrogens with zero attached hydrogens (tertiary/aromatic N) is 1. The normalized spacial score (nSPS) is 10.1. The van der Waals surface area contributed by atoms with Crippen LogP contribution in [0.1, 0.15) is 10.5 Å². The van der Waals surface area contributed by atoms with Crippen LogP contribution in [0.25, 0.3) is 0 Å². The number of oxazole rings is 1. The number of nitrogens with one attached hydrogen (secondary N) is 1. The third-order valence-corrected chi connectivity index (χ3v) is 2.58. The van der Waals surface area contributed by atoms with E-state index in [-0.39, 0.29) is 11.6 Å². The van der Waals surface area contributed by atoms with Gasteiger partial charge in [-0.3, -0.25) is 4.79 Å². The van der Waals surface area contributed by atoms with Crippen LogP contribution in [0.15, 0.2) is 35.3 Å². The van der Waals surface area contributed by atoms with E-state index in [1.54, 1.807) is 18.2 Å². The molecule has 1 aromatic carbocycles. The van der Waals surface area contributed by atoms with Gasteiger partial charge in [0, 0.05) is 5.69 Å². The zero-order valence-electron chi connectivity index (χ0n) is 7.91. The van der Waals surface area contributed by atoms with E-state index in [9.17, 15) is 4.79 Å². The monoisotopic (exact) mass is 256 g/mol. The van der Waals surface area contributed by atoms with Crippen molar-refractivity contribution in [3.05, 3.63) is 46.6 Å². The van der Waals surface area contributed by atoms with Crippen LogP contribution < -0.4 is 5.32 Å². The lowest BCUT2D eigenvalue weighted by molar-refractivity contribution is 0.102. The fraction of sp³-hybridized carbons (Fsp3) is 0. The Morgan fingerprint density at radius 3 is 2.75 bits per heavy atom. The number of aromatic nitrogens is 1. The van der Waals surface area contributed by atoms with Gasteiger partial charge in [-0.1, -0.05) is 23.2 Å². The molecule has 2 aromatic rings. The van der Waals surface area contributed by atoms with Gasteiger partial charge in [0.25, 0.3) is 5.91 Å². The molecule has 1 aromatic heterocycles. The summed E-state index contributed by atoms with van der Waals surface area (Å²) in [6.45, 7) is 0. The molecule has 2 rings (SSSR count). The van der Waals surface area contributed by atoms with Crippen molar-refractivity contribution in [3.63, 3.8) is 0 Å². The summed E-state index contributed by atoms with van der Waals surface area (Å²) in [6.07, 6.45) is 2.44. The molecule has 0 atom stereocenters. The summed E-state index contributed by atoms with van der Waals surface area (Å²) in [5.41, 5.74) is 0.744. The molecule has 0 saturated heterocycles. The number of anilines is 1. The summed E-state index contributed by atoms with van der Waals surface area (Å²) in [7, 11) is 0. The van der Waals surface area contributed by atoms with Crippen LogP contribution in [0.3, 0.4) is 0 Å². The lowest BCUT2D eigenvalue weighted by atomic mass is 10.3. The number of benzene rings is 1. The van der Waals surface area contributed by atoms with Gasteiger partial charge in [-0.25, -0.2) is 4.98 Å². The Bertz CT molecular complexity index is 512. The van der Waals surface area contributed by atoms with Gasteiger partial charge < -0.3 is 9.73 Å². The maximum absolute atomic E-state index is 11.6. The van der Waals surface area contributed by atoms with E-state index in [1.807, 2.05) is 0 Å². The summed E-state index contributed by atoms with van der Waals surface area (Å²) in [6, 6.07) is 4.80. The third-order valence-electron chi connectivity index (χ3n) is 1.84. The molecule has 0 aliphatic rings. The zero-order chi connectivity index (χ0) is 11.5. The number of halogens is 2. The fourth-order valence-corrected chi connectivity index (χ4v) is 1.39. The molecule has 0 saturated carbocycles. The van der Waals surface area contributed by atoms with Crippen molar-refractivity contribution in [2.24, 2.45) is 0 Å². The highest BCUT2D eigenvalue weighted by Crippen LogP contribution is 2.25. The standard InChI is InChI=1S/C10H6Cl2N2O2/c11-7-2-1-6(3-8(7)12)14-10(15)9-4-16-5-13-9/h1-5H,(H,14,15). The Morgan fingerprint density at radius 1 is 1.31 bits per heavy atom. The Labute approximate surface area is 101 Å².